The molecule has 0 unspecified atom stereocenters. The van der Waals surface area contributed by atoms with Gasteiger partial charge in [-0.25, -0.2) is 4.98 Å². The van der Waals surface area contributed by atoms with E-state index in [4.69, 9.17) is 16.3 Å². The number of anilines is 1. The minimum Gasteiger partial charge on any atom is -0.383 e. The summed E-state index contributed by atoms with van der Waals surface area (Å²) in [6, 6.07) is 0.837. The number of hydrogen-bond acceptors (Lipinski definition) is 3. The topological polar surface area (TPSA) is 34.1 Å². The molecule has 1 aromatic rings. The van der Waals surface area contributed by atoms with Gasteiger partial charge in [0.25, 0.3) is 0 Å². The van der Waals surface area contributed by atoms with Crippen LogP contribution in [0.3, 0.4) is 0 Å². The summed E-state index contributed by atoms with van der Waals surface area (Å²) in [5, 5.41) is 2.69. The van der Waals surface area contributed by atoms with Gasteiger partial charge in [0.2, 0.25) is 0 Å². The monoisotopic (exact) mass is 254 g/mol. The van der Waals surface area contributed by atoms with Crippen LogP contribution < -0.4 is 5.32 Å². The standard InChI is InChI=1S/C9H10ClF3N2O/c1-16-3-2-14-8-7(10)4-6(5-15-8)9(11,12)13/h4-5H,2-3H2,1H3,(H,14,15). The van der Waals surface area contributed by atoms with Crippen molar-refractivity contribution >= 4 is 17.4 Å². The molecule has 0 fully saturated rings. The molecule has 7 heteroatoms. The first-order valence-corrected chi connectivity index (χ1v) is 4.78. The van der Waals surface area contributed by atoms with Crippen LogP contribution in [0.5, 0.6) is 0 Å². The Labute approximate surface area is 95.6 Å². The molecular formula is C9H10ClF3N2O. The Balaban J connectivity index is 2.76. The third-order valence-electron chi connectivity index (χ3n) is 1.77. The zero-order valence-corrected chi connectivity index (χ0v) is 9.19. The smallest absolute Gasteiger partial charge is 0.383 e. The Morgan fingerprint density at radius 1 is 1.50 bits per heavy atom. The zero-order valence-electron chi connectivity index (χ0n) is 8.44. The second kappa shape index (κ2) is 5.36. The number of methoxy groups -OCH3 is 1. The number of nitrogens with zero attached hydrogens (tertiary/aromatic N) is 1. The maximum absolute atomic E-state index is 12.3. The lowest BCUT2D eigenvalue weighted by Gasteiger charge is -2.10. The SMILES string of the molecule is COCCNc1ncc(C(F)(F)F)cc1Cl. The summed E-state index contributed by atoms with van der Waals surface area (Å²) in [7, 11) is 1.52. The van der Waals surface area contributed by atoms with E-state index >= 15 is 0 Å². The van der Waals surface area contributed by atoms with Crippen LogP contribution in [0.15, 0.2) is 12.3 Å². The highest BCUT2D eigenvalue weighted by atomic mass is 35.5. The van der Waals surface area contributed by atoms with Gasteiger partial charge >= 0.3 is 6.18 Å². The van der Waals surface area contributed by atoms with Crippen molar-refractivity contribution in [3.63, 3.8) is 0 Å². The van der Waals surface area contributed by atoms with Crippen molar-refractivity contribution in [2.75, 3.05) is 25.6 Å². The van der Waals surface area contributed by atoms with Gasteiger partial charge in [-0.05, 0) is 6.07 Å². The summed E-state index contributed by atoms with van der Waals surface area (Å²) < 4.78 is 41.6. The van der Waals surface area contributed by atoms with E-state index in [1.807, 2.05) is 0 Å². The van der Waals surface area contributed by atoms with E-state index in [1.54, 1.807) is 0 Å². The van der Waals surface area contributed by atoms with Crippen LogP contribution in [0.2, 0.25) is 5.02 Å². The Morgan fingerprint density at radius 2 is 2.19 bits per heavy atom. The van der Waals surface area contributed by atoms with Gasteiger partial charge in [0, 0.05) is 19.9 Å². The van der Waals surface area contributed by atoms with Crippen molar-refractivity contribution in [2.24, 2.45) is 0 Å². The van der Waals surface area contributed by atoms with E-state index in [9.17, 15) is 13.2 Å². The highest BCUT2D eigenvalue weighted by molar-refractivity contribution is 6.32. The third-order valence-corrected chi connectivity index (χ3v) is 2.06. The van der Waals surface area contributed by atoms with Crippen molar-refractivity contribution in [1.29, 1.82) is 0 Å². The van der Waals surface area contributed by atoms with Crippen molar-refractivity contribution in [3.8, 4) is 0 Å². The molecule has 90 valence electrons. The fourth-order valence-electron chi connectivity index (χ4n) is 0.995. The van der Waals surface area contributed by atoms with E-state index in [1.165, 1.54) is 7.11 Å². The number of rotatable bonds is 4. The highest BCUT2D eigenvalue weighted by Gasteiger charge is 2.31. The first kappa shape index (κ1) is 13.1. The minimum absolute atomic E-state index is 0.0640. The van der Waals surface area contributed by atoms with Crippen LogP contribution >= 0.6 is 11.6 Å². The number of halogens is 4. The number of alkyl halides is 3. The summed E-state index contributed by atoms with van der Waals surface area (Å²) in [5.41, 5.74) is -0.866. The predicted molar refractivity (Wildman–Crippen MR) is 54.6 cm³/mol. The molecule has 16 heavy (non-hydrogen) atoms. The maximum atomic E-state index is 12.3. The van der Waals surface area contributed by atoms with E-state index in [-0.39, 0.29) is 10.8 Å². The van der Waals surface area contributed by atoms with E-state index in [2.05, 4.69) is 10.3 Å². The lowest BCUT2D eigenvalue weighted by molar-refractivity contribution is -0.137. The van der Waals surface area contributed by atoms with Crippen LogP contribution in [0.1, 0.15) is 5.56 Å². The average Bonchev–Trinajstić information content (AvgIpc) is 2.19. The molecule has 1 heterocycles. The summed E-state index contributed by atoms with van der Waals surface area (Å²) in [4.78, 5) is 3.60. The third kappa shape index (κ3) is 3.53. The average molecular weight is 255 g/mol. The maximum Gasteiger partial charge on any atom is 0.417 e. The predicted octanol–water partition coefficient (Wildman–Crippen LogP) is 2.81. The molecule has 1 aromatic heterocycles. The molecule has 1 N–H and O–H groups in total. The quantitative estimate of drug-likeness (QED) is 0.839. The molecule has 0 aromatic carbocycles. The van der Waals surface area contributed by atoms with E-state index in [0.717, 1.165) is 12.3 Å². The van der Waals surface area contributed by atoms with E-state index < -0.39 is 11.7 Å². The lowest BCUT2D eigenvalue weighted by Crippen LogP contribution is -2.11. The van der Waals surface area contributed by atoms with Crippen molar-refractivity contribution in [1.82, 2.24) is 4.98 Å². The molecule has 0 amide bonds. The Bertz CT molecular complexity index is 357. The number of nitrogens with one attached hydrogen (secondary N) is 1. The van der Waals surface area contributed by atoms with Crippen LogP contribution in [0.4, 0.5) is 19.0 Å². The van der Waals surface area contributed by atoms with Gasteiger partial charge in [-0.1, -0.05) is 11.6 Å². The van der Waals surface area contributed by atoms with Crippen LogP contribution in [-0.2, 0) is 10.9 Å². The molecule has 0 spiro atoms. The first-order valence-electron chi connectivity index (χ1n) is 4.40. The largest absolute Gasteiger partial charge is 0.417 e. The second-order valence-corrected chi connectivity index (χ2v) is 3.38. The van der Waals surface area contributed by atoms with Crippen molar-refractivity contribution in [3.05, 3.63) is 22.8 Å². The van der Waals surface area contributed by atoms with Crippen molar-refractivity contribution in [2.45, 2.75) is 6.18 Å². The molecule has 0 saturated heterocycles. The lowest BCUT2D eigenvalue weighted by atomic mass is 10.3. The zero-order chi connectivity index (χ0) is 12.2. The molecule has 3 nitrogen and oxygen atoms in total. The molecule has 0 bridgehead atoms. The fraction of sp³-hybridized carbons (Fsp3) is 0.444. The normalized spacial score (nSPS) is 11.6. The molecule has 1 rings (SSSR count). The number of pyridine rings is 1. The van der Waals surface area contributed by atoms with Crippen LogP contribution in [0.25, 0.3) is 0 Å². The Morgan fingerprint density at radius 3 is 2.69 bits per heavy atom. The van der Waals surface area contributed by atoms with Crippen LogP contribution in [-0.4, -0.2) is 25.2 Å². The Kier molecular flexibility index (Phi) is 4.37. The van der Waals surface area contributed by atoms with Gasteiger partial charge in [0.05, 0.1) is 17.2 Å². The Hall–Kier alpha value is -1.01. The number of aromatic nitrogens is 1. The van der Waals surface area contributed by atoms with Crippen LogP contribution in [0, 0.1) is 0 Å². The summed E-state index contributed by atoms with van der Waals surface area (Å²) >= 11 is 5.65. The van der Waals surface area contributed by atoms with Gasteiger partial charge in [0.1, 0.15) is 5.82 Å². The summed E-state index contributed by atoms with van der Waals surface area (Å²) in [6.07, 6.45) is -3.69. The molecule has 0 atom stereocenters. The van der Waals surface area contributed by atoms with Gasteiger partial charge in [0.15, 0.2) is 0 Å². The second-order valence-electron chi connectivity index (χ2n) is 2.97. The molecule has 0 aliphatic heterocycles. The molecular weight excluding hydrogens is 245 g/mol. The van der Waals surface area contributed by atoms with Gasteiger partial charge < -0.3 is 10.1 Å². The van der Waals surface area contributed by atoms with Gasteiger partial charge in [-0.3, -0.25) is 0 Å². The first-order chi connectivity index (χ1) is 7.45. The molecule has 0 saturated carbocycles. The molecule has 0 radical (unpaired) electrons. The van der Waals surface area contributed by atoms with Crippen molar-refractivity contribution < 1.29 is 17.9 Å². The number of hydrogen-bond donors (Lipinski definition) is 1. The summed E-state index contributed by atoms with van der Waals surface area (Å²) in [6.45, 7) is 0.841. The van der Waals surface area contributed by atoms with E-state index in [0.29, 0.717) is 13.2 Å². The number of ether oxygens (including phenoxy) is 1. The molecule has 0 aliphatic carbocycles. The summed E-state index contributed by atoms with van der Waals surface area (Å²) in [5.74, 6) is 0.215. The minimum atomic E-state index is -4.43. The van der Waals surface area contributed by atoms with Gasteiger partial charge in [-0.15, -0.1) is 0 Å². The highest BCUT2D eigenvalue weighted by Crippen LogP contribution is 2.32. The van der Waals surface area contributed by atoms with Gasteiger partial charge in [-0.2, -0.15) is 13.2 Å². The fourth-order valence-corrected chi connectivity index (χ4v) is 1.23. The molecule has 0 aliphatic rings.